The third-order valence-electron chi connectivity index (χ3n) is 2.22. The standard InChI is InChI=1S/C12H15BrClN/c1-9(7-14)8-15-10(2)11-4-3-5-12(13)6-11/h3-7,10,15H,8H2,1-2H3/b9-7+. The van der Waals surface area contributed by atoms with Crippen molar-refractivity contribution in [3.8, 4) is 0 Å². The van der Waals surface area contributed by atoms with Crippen LogP contribution in [0.3, 0.4) is 0 Å². The van der Waals surface area contributed by atoms with Gasteiger partial charge in [-0.1, -0.05) is 39.7 Å². The van der Waals surface area contributed by atoms with Crippen LogP contribution >= 0.6 is 27.5 Å². The van der Waals surface area contributed by atoms with Gasteiger partial charge in [0.1, 0.15) is 0 Å². The zero-order chi connectivity index (χ0) is 11.3. The van der Waals surface area contributed by atoms with Crippen LogP contribution in [0.5, 0.6) is 0 Å². The Labute approximate surface area is 105 Å². The second-order valence-corrected chi connectivity index (χ2v) is 4.75. The Morgan fingerprint density at radius 3 is 2.93 bits per heavy atom. The molecule has 3 heteroatoms. The minimum absolute atomic E-state index is 0.328. The highest BCUT2D eigenvalue weighted by Gasteiger charge is 2.04. The minimum atomic E-state index is 0.328. The number of rotatable bonds is 4. The molecule has 0 heterocycles. The molecule has 1 atom stereocenters. The van der Waals surface area contributed by atoms with Gasteiger partial charge in [-0.3, -0.25) is 0 Å². The van der Waals surface area contributed by atoms with Crippen molar-refractivity contribution in [2.24, 2.45) is 0 Å². The average Bonchev–Trinajstić information content (AvgIpc) is 2.25. The Bertz CT molecular complexity index is 349. The van der Waals surface area contributed by atoms with Crippen molar-refractivity contribution in [1.29, 1.82) is 0 Å². The highest BCUT2D eigenvalue weighted by Crippen LogP contribution is 2.17. The maximum absolute atomic E-state index is 5.60. The molecule has 0 bridgehead atoms. The number of halogens is 2. The summed E-state index contributed by atoms with van der Waals surface area (Å²) in [6.45, 7) is 4.97. The van der Waals surface area contributed by atoms with Crippen LogP contribution in [-0.2, 0) is 0 Å². The van der Waals surface area contributed by atoms with Crippen molar-refractivity contribution in [1.82, 2.24) is 5.32 Å². The van der Waals surface area contributed by atoms with Gasteiger partial charge in [0, 0.05) is 22.6 Å². The normalized spacial score (nSPS) is 14.0. The third kappa shape index (κ3) is 4.37. The van der Waals surface area contributed by atoms with Gasteiger partial charge < -0.3 is 5.32 Å². The van der Waals surface area contributed by atoms with Crippen LogP contribution in [0, 0.1) is 0 Å². The molecule has 1 nitrogen and oxygen atoms in total. The van der Waals surface area contributed by atoms with Crippen molar-refractivity contribution < 1.29 is 0 Å². The molecule has 0 saturated heterocycles. The molecule has 0 radical (unpaired) electrons. The molecule has 1 N–H and O–H groups in total. The predicted octanol–water partition coefficient (Wildman–Crippen LogP) is 4.24. The quantitative estimate of drug-likeness (QED) is 0.874. The molecular weight excluding hydrogens is 273 g/mol. The van der Waals surface area contributed by atoms with Crippen LogP contribution < -0.4 is 5.32 Å². The first-order chi connectivity index (χ1) is 7.13. The summed E-state index contributed by atoms with van der Waals surface area (Å²) >= 11 is 9.06. The molecule has 0 saturated carbocycles. The third-order valence-corrected chi connectivity index (χ3v) is 3.09. The SMILES string of the molecule is C/C(=C\Cl)CNC(C)c1cccc(Br)c1. The van der Waals surface area contributed by atoms with Gasteiger partial charge in [0.05, 0.1) is 0 Å². The van der Waals surface area contributed by atoms with Crippen molar-refractivity contribution in [2.75, 3.05) is 6.54 Å². The highest BCUT2D eigenvalue weighted by atomic mass is 79.9. The zero-order valence-electron chi connectivity index (χ0n) is 8.93. The smallest absolute Gasteiger partial charge is 0.0295 e. The molecular formula is C12H15BrClN. The van der Waals surface area contributed by atoms with E-state index in [1.807, 2.05) is 19.1 Å². The summed E-state index contributed by atoms with van der Waals surface area (Å²) in [6, 6.07) is 8.63. The van der Waals surface area contributed by atoms with E-state index in [9.17, 15) is 0 Å². The number of nitrogens with one attached hydrogen (secondary N) is 1. The fourth-order valence-electron chi connectivity index (χ4n) is 1.25. The van der Waals surface area contributed by atoms with E-state index in [0.29, 0.717) is 6.04 Å². The highest BCUT2D eigenvalue weighted by molar-refractivity contribution is 9.10. The molecule has 1 aromatic rings. The van der Waals surface area contributed by atoms with Crippen LogP contribution in [-0.4, -0.2) is 6.54 Å². The van der Waals surface area contributed by atoms with Crippen LogP contribution in [0.1, 0.15) is 25.5 Å². The van der Waals surface area contributed by atoms with Gasteiger partial charge in [-0.15, -0.1) is 0 Å². The Balaban J connectivity index is 2.57. The fraction of sp³-hybridized carbons (Fsp3) is 0.333. The molecule has 0 amide bonds. The van der Waals surface area contributed by atoms with Gasteiger partial charge in [-0.05, 0) is 37.1 Å². The summed E-state index contributed by atoms with van der Waals surface area (Å²) in [5.74, 6) is 0. The largest absolute Gasteiger partial charge is 0.306 e. The first-order valence-electron chi connectivity index (χ1n) is 4.88. The second kappa shape index (κ2) is 6.31. The molecule has 0 aliphatic rings. The number of hydrogen-bond donors (Lipinski definition) is 1. The molecule has 1 aromatic carbocycles. The van der Waals surface area contributed by atoms with Gasteiger partial charge >= 0.3 is 0 Å². The fourth-order valence-corrected chi connectivity index (χ4v) is 1.74. The lowest BCUT2D eigenvalue weighted by Gasteiger charge is -2.14. The molecule has 0 aliphatic heterocycles. The molecule has 15 heavy (non-hydrogen) atoms. The monoisotopic (exact) mass is 287 g/mol. The maximum atomic E-state index is 5.60. The molecule has 1 rings (SSSR count). The van der Waals surface area contributed by atoms with Gasteiger partial charge in [-0.25, -0.2) is 0 Å². The maximum Gasteiger partial charge on any atom is 0.0295 e. The summed E-state index contributed by atoms with van der Waals surface area (Å²) in [5.41, 5.74) is 4.02. The van der Waals surface area contributed by atoms with Crippen LogP contribution in [0.25, 0.3) is 0 Å². The van der Waals surface area contributed by atoms with Crippen molar-refractivity contribution in [2.45, 2.75) is 19.9 Å². The van der Waals surface area contributed by atoms with Gasteiger partial charge in [0.25, 0.3) is 0 Å². The summed E-state index contributed by atoms with van der Waals surface area (Å²) in [4.78, 5) is 0. The van der Waals surface area contributed by atoms with E-state index in [-0.39, 0.29) is 0 Å². The summed E-state index contributed by atoms with van der Waals surface area (Å²) < 4.78 is 1.11. The van der Waals surface area contributed by atoms with Crippen LogP contribution in [0.2, 0.25) is 0 Å². The molecule has 0 aliphatic carbocycles. The summed E-state index contributed by atoms with van der Waals surface area (Å²) in [7, 11) is 0. The zero-order valence-corrected chi connectivity index (χ0v) is 11.3. The molecule has 0 spiro atoms. The van der Waals surface area contributed by atoms with Crippen molar-refractivity contribution in [3.05, 3.63) is 45.4 Å². The van der Waals surface area contributed by atoms with E-state index < -0.39 is 0 Å². The average molecular weight is 289 g/mol. The van der Waals surface area contributed by atoms with Crippen molar-refractivity contribution in [3.63, 3.8) is 0 Å². The first kappa shape index (κ1) is 12.8. The van der Waals surface area contributed by atoms with Crippen molar-refractivity contribution >= 4 is 27.5 Å². The van der Waals surface area contributed by atoms with Crippen LogP contribution in [0.4, 0.5) is 0 Å². The van der Waals surface area contributed by atoms with E-state index in [1.54, 1.807) is 5.54 Å². The van der Waals surface area contributed by atoms with Gasteiger partial charge in [0.15, 0.2) is 0 Å². The minimum Gasteiger partial charge on any atom is -0.306 e. The Morgan fingerprint density at radius 2 is 2.33 bits per heavy atom. The first-order valence-corrected chi connectivity index (χ1v) is 6.11. The van der Waals surface area contributed by atoms with E-state index in [4.69, 9.17) is 11.6 Å². The Kier molecular flexibility index (Phi) is 5.37. The summed E-state index contributed by atoms with van der Waals surface area (Å²) in [6.07, 6.45) is 0. The number of benzene rings is 1. The molecule has 82 valence electrons. The van der Waals surface area contributed by atoms with E-state index in [2.05, 4.69) is 40.3 Å². The molecule has 0 fully saturated rings. The van der Waals surface area contributed by atoms with Crippen LogP contribution in [0.15, 0.2) is 39.8 Å². The summed E-state index contributed by atoms with van der Waals surface area (Å²) in [5, 5.41) is 3.40. The topological polar surface area (TPSA) is 12.0 Å². The lowest BCUT2D eigenvalue weighted by atomic mass is 10.1. The van der Waals surface area contributed by atoms with Gasteiger partial charge in [0.2, 0.25) is 0 Å². The lowest BCUT2D eigenvalue weighted by Crippen LogP contribution is -2.20. The molecule has 1 unspecified atom stereocenters. The van der Waals surface area contributed by atoms with E-state index >= 15 is 0 Å². The Hall–Kier alpha value is -0.310. The lowest BCUT2D eigenvalue weighted by molar-refractivity contribution is 0.607. The predicted molar refractivity (Wildman–Crippen MR) is 70.2 cm³/mol. The second-order valence-electron chi connectivity index (χ2n) is 3.61. The van der Waals surface area contributed by atoms with E-state index in [0.717, 1.165) is 16.6 Å². The van der Waals surface area contributed by atoms with E-state index in [1.165, 1.54) is 5.56 Å². The Morgan fingerprint density at radius 1 is 1.60 bits per heavy atom. The number of hydrogen-bond acceptors (Lipinski definition) is 1. The molecule has 0 aromatic heterocycles. The van der Waals surface area contributed by atoms with Gasteiger partial charge in [-0.2, -0.15) is 0 Å².